The molecule has 6 nitrogen and oxygen atoms in total. The van der Waals surface area contributed by atoms with Crippen LogP contribution in [0.5, 0.6) is 5.75 Å². The highest BCUT2D eigenvalue weighted by Gasteiger charge is 2.20. The molecule has 0 aliphatic heterocycles. The van der Waals surface area contributed by atoms with E-state index < -0.39 is 11.9 Å². The summed E-state index contributed by atoms with van der Waals surface area (Å²) >= 11 is 24.6. The predicted octanol–water partition coefficient (Wildman–Crippen LogP) is 6.94. The van der Waals surface area contributed by atoms with Crippen LogP contribution in [0.4, 0.5) is 5.69 Å². The van der Waals surface area contributed by atoms with Gasteiger partial charge in [0, 0.05) is 26.9 Å². The van der Waals surface area contributed by atoms with Crippen LogP contribution in [-0.2, 0) is 11.3 Å². The molecular formula is C26H23Cl3N2O4S. The quantitative estimate of drug-likeness (QED) is 0.236. The molecule has 1 N–H and O–H groups in total. The van der Waals surface area contributed by atoms with Crippen LogP contribution >= 0.6 is 47.0 Å². The first-order valence-electron chi connectivity index (χ1n) is 11.0. The van der Waals surface area contributed by atoms with Gasteiger partial charge in [-0.2, -0.15) is 0 Å². The number of ether oxygens (including phenoxy) is 2. The molecule has 0 atom stereocenters. The lowest BCUT2D eigenvalue weighted by atomic mass is 10.1. The van der Waals surface area contributed by atoms with E-state index in [0.717, 1.165) is 0 Å². The highest BCUT2D eigenvalue weighted by atomic mass is 35.5. The second-order valence-corrected chi connectivity index (χ2v) is 9.00. The fourth-order valence-electron chi connectivity index (χ4n) is 3.27. The summed E-state index contributed by atoms with van der Waals surface area (Å²) in [5, 5.41) is 4.04. The van der Waals surface area contributed by atoms with Gasteiger partial charge in [-0.1, -0.05) is 40.9 Å². The molecule has 3 aromatic rings. The Morgan fingerprint density at radius 3 is 2.11 bits per heavy atom. The Hall–Kier alpha value is -2.84. The van der Waals surface area contributed by atoms with Crippen LogP contribution in [0.2, 0.25) is 15.1 Å². The van der Waals surface area contributed by atoms with E-state index >= 15 is 0 Å². The Bertz CT molecular complexity index is 1250. The summed E-state index contributed by atoms with van der Waals surface area (Å²) in [6.07, 6.45) is 0. The van der Waals surface area contributed by atoms with Crippen molar-refractivity contribution >= 4 is 69.7 Å². The van der Waals surface area contributed by atoms with Crippen molar-refractivity contribution in [2.24, 2.45) is 0 Å². The summed E-state index contributed by atoms with van der Waals surface area (Å²) in [5.74, 6) is -0.411. The zero-order valence-electron chi connectivity index (χ0n) is 19.5. The second kappa shape index (κ2) is 12.9. The van der Waals surface area contributed by atoms with Crippen LogP contribution in [-0.4, -0.2) is 30.2 Å². The average molecular weight is 566 g/mol. The van der Waals surface area contributed by atoms with Crippen molar-refractivity contribution in [2.75, 3.05) is 18.1 Å². The van der Waals surface area contributed by atoms with Gasteiger partial charge in [-0.25, -0.2) is 4.79 Å². The molecule has 1 amide bonds. The van der Waals surface area contributed by atoms with Crippen molar-refractivity contribution in [1.82, 2.24) is 5.32 Å². The van der Waals surface area contributed by atoms with Crippen LogP contribution in [0, 0.1) is 0 Å². The van der Waals surface area contributed by atoms with Gasteiger partial charge in [0.1, 0.15) is 5.75 Å². The van der Waals surface area contributed by atoms with Gasteiger partial charge < -0.3 is 14.4 Å². The molecule has 0 spiro atoms. The second-order valence-electron chi connectivity index (χ2n) is 7.39. The smallest absolute Gasteiger partial charge is 0.338 e. The Balaban J connectivity index is 1.90. The third kappa shape index (κ3) is 6.89. The minimum absolute atomic E-state index is 0.102. The summed E-state index contributed by atoms with van der Waals surface area (Å²) in [6, 6.07) is 16.5. The van der Waals surface area contributed by atoms with Gasteiger partial charge in [-0.3, -0.25) is 10.1 Å². The third-order valence-electron chi connectivity index (χ3n) is 5.03. The van der Waals surface area contributed by atoms with Crippen molar-refractivity contribution < 1.29 is 19.1 Å². The number of amides is 1. The number of hydrogen-bond donors (Lipinski definition) is 1. The van der Waals surface area contributed by atoms with Crippen molar-refractivity contribution in [1.29, 1.82) is 0 Å². The van der Waals surface area contributed by atoms with Gasteiger partial charge in [0.2, 0.25) is 0 Å². The maximum absolute atomic E-state index is 13.0. The molecule has 3 rings (SSSR count). The van der Waals surface area contributed by atoms with Gasteiger partial charge in [0.05, 0.1) is 30.3 Å². The van der Waals surface area contributed by atoms with Crippen LogP contribution < -0.4 is 15.0 Å². The monoisotopic (exact) mass is 564 g/mol. The number of carbonyl (C=O) groups is 2. The zero-order chi connectivity index (χ0) is 26.2. The van der Waals surface area contributed by atoms with E-state index in [1.807, 2.05) is 6.92 Å². The van der Waals surface area contributed by atoms with Crippen molar-refractivity contribution in [3.05, 3.63) is 92.4 Å². The topological polar surface area (TPSA) is 67.9 Å². The highest BCUT2D eigenvalue weighted by Crippen LogP contribution is 2.29. The molecule has 188 valence electrons. The number of thiocarbonyl (C=S) groups is 1. The van der Waals surface area contributed by atoms with E-state index in [0.29, 0.717) is 49.8 Å². The fraction of sp³-hybridized carbons (Fsp3) is 0.192. The Morgan fingerprint density at radius 2 is 1.53 bits per heavy atom. The van der Waals surface area contributed by atoms with Gasteiger partial charge >= 0.3 is 5.97 Å². The zero-order valence-corrected chi connectivity index (χ0v) is 22.6. The summed E-state index contributed by atoms with van der Waals surface area (Å²) in [5.41, 5.74) is 1.92. The van der Waals surface area contributed by atoms with Crippen LogP contribution in [0.3, 0.4) is 0 Å². The minimum atomic E-state index is -0.455. The lowest BCUT2D eigenvalue weighted by Crippen LogP contribution is -2.42. The van der Waals surface area contributed by atoms with Crippen molar-refractivity contribution in [3.8, 4) is 5.75 Å². The van der Waals surface area contributed by atoms with E-state index in [1.54, 1.807) is 66.4 Å². The molecule has 0 aromatic heterocycles. The molecule has 0 aliphatic carbocycles. The van der Waals surface area contributed by atoms with Crippen LogP contribution in [0.1, 0.15) is 40.1 Å². The highest BCUT2D eigenvalue weighted by molar-refractivity contribution is 7.80. The molecule has 0 radical (unpaired) electrons. The number of esters is 1. The van der Waals surface area contributed by atoms with E-state index in [-0.39, 0.29) is 18.3 Å². The predicted molar refractivity (Wildman–Crippen MR) is 148 cm³/mol. The lowest BCUT2D eigenvalue weighted by molar-refractivity contribution is 0.0526. The summed E-state index contributed by atoms with van der Waals surface area (Å²) in [6.45, 7) is 4.46. The summed E-state index contributed by atoms with van der Waals surface area (Å²) < 4.78 is 10.5. The Kier molecular flexibility index (Phi) is 9.96. The molecular weight excluding hydrogens is 543 g/mol. The summed E-state index contributed by atoms with van der Waals surface area (Å²) in [7, 11) is 0. The Morgan fingerprint density at radius 1 is 0.889 bits per heavy atom. The van der Waals surface area contributed by atoms with E-state index in [9.17, 15) is 9.59 Å². The average Bonchev–Trinajstić information content (AvgIpc) is 2.85. The lowest BCUT2D eigenvalue weighted by Gasteiger charge is -2.26. The first-order valence-corrected chi connectivity index (χ1v) is 12.5. The minimum Gasteiger partial charge on any atom is -0.492 e. The largest absolute Gasteiger partial charge is 0.492 e. The molecule has 0 bridgehead atoms. The van der Waals surface area contributed by atoms with Gasteiger partial charge in [-0.05, 0) is 80.7 Å². The SMILES string of the molecule is CCOC(=O)c1ccc(N(Cc2c(Cl)cccc2Cl)C(=S)NC(=O)c2ccc(OCC)c(Cl)c2)cc1. The number of rotatable bonds is 8. The number of nitrogens with one attached hydrogen (secondary N) is 1. The normalized spacial score (nSPS) is 10.5. The van der Waals surface area contributed by atoms with Crippen LogP contribution in [0.15, 0.2) is 60.7 Å². The van der Waals surface area contributed by atoms with Gasteiger partial charge in [0.25, 0.3) is 5.91 Å². The maximum Gasteiger partial charge on any atom is 0.338 e. The fourth-order valence-corrected chi connectivity index (χ4v) is 4.28. The molecule has 0 saturated carbocycles. The summed E-state index contributed by atoms with van der Waals surface area (Å²) in [4.78, 5) is 26.7. The van der Waals surface area contributed by atoms with Crippen molar-refractivity contribution in [3.63, 3.8) is 0 Å². The molecule has 0 saturated heterocycles. The number of benzene rings is 3. The first-order chi connectivity index (χ1) is 17.2. The van der Waals surface area contributed by atoms with Crippen molar-refractivity contribution in [2.45, 2.75) is 20.4 Å². The number of halogens is 3. The molecule has 3 aromatic carbocycles. The standard InChI is InChI=1S/C26H23Cl3N2O4S/c1-3-34-23-13-10-17(14-22(23)29)24(32)30-26(36)31(15-19-20(27)6-5-7-21(19)28)18-11-8-16(9-12-18)25(33)35-4-2/h5-14H,3-4,15H2,1-2H3,(H,30,32,36). The number of nitrogens with zero attached hydrogens (tertiary/aromatic N) is 1. The third-order valence-corrected chi connectivity index (χ3v) is 6.35. The van der Waals surface area contributed by atoms with Gasteiger partial charge in [-0.15, -0.1) is 0 Å². The molecule has 10 heteroatoms. The number of anilines is 1. The number of carbonyl (C=O) groups excluding carboxylic acids is 2. The molecule has 36 heavy (non-hydrogen) atoms. The molecule has 0 aliphatic rings. The van der Waals surface area contributed by atoms with E-state index in [4.69, 9.17) is 56.5 Å². The van der Waals surface area contributed by atoms with Gasteiger partial charge in [0.15, 0.2) is 5.11 Å². The van der Waals surface area contributed by atoms with E-state index in [1.165, 1.54) is 6.07 Å². The molecule has 0 fully saturated rings. The number of hydrogen-bond acceptors (Lipinski definition) is 5. The first kappa shape index (κ1) is 27.7. The van der Waals surface area contributed by atoms with Crippen LogP contribution in [0.25, 0.3) is 0 Å². The van der Waals surface area contributed by atoms with E-state index in [2.05, 4.69) is 5.32 Å². The maximum atomic E-state index is 13.0. The Labute approximate surface area is 230 Å². The molecule has 0 heterocycles. The molecule has 0 unspecified atom stereocenters.